The van der Waals surface area contributed by atoms with Crippen LogP contribution in [-0.2, 0) is 32.1 Å². The molecule has 1 unspecified atom stereocenters. The molecule has 0 heterocycles. The molecule has 1 saturated carbocycles. The van der Waals surface area contributed by atoms with E-state index < -0.39 is 0 Å². The normalized spacial score (nSPS) is 22.3. The molecule has 0 radical (unpaired) electrons. The summed E-state index contributed by atoms with van der Waals surface area (Å²) in [5.41, 5.74) is 7.27. The van der Waals surface area contributed by atoms with Crippen LogP contribution in [-0.4, -0.2) is 47.7 Å². The molecular weight excluding hydrogens is 354 g/mol. The first-order valence-electron chi connectivity index (χ1n) is 7.19. The number of hydrogen-bond acceptors (Lipinski definition) is 6. The zero-order valence-electron chi connectivity index (χ0n) is 13.2. The van der Waals surface area contributed by atoms with E-state index in [9.17, 15) is 0 Å². The summed E-state index contributed by atoms with van der Waals surface area (Å²) >= 11 is 5.03. The van der Waals surface area contributed by atoms with E-state index in [1.807, 2.05) is 13.8 Å². The smallest absolute Gasteiger partial charge is 0.103 e. The van der Waals surface area contributed by atoms with E-state index in [0.717, 1.165) is 24.3 Å². The maximum Gasteiger partial charge on any atom is 0.103 e. The van der Waals surface area contributed by atoms with E-state index in [2.05, 4.69) is 31.0 Å². The topological polar surface area (TPSA) is 93.7 Å². The fraction of sp³-hybridized carbons (Fsp3) is 0.692. The second-order valence-electron chi connectivity index (χ2n) is 4.45. The van der Waals surface area contributed by atoms with Crippen molar-refractivity contribution < 1.29 is 24.6 Å². The first-order chi connectivity index (χ1) is 10.2. The van der Waals surface area contributed by atoms with Gasteiger partial charge in [0.25, 0.3) is 0 Å². The van der Waals surface area contributed by atoms with Crippen molar-refractivity contribution in [3.63, 3.8) is 0 Å². The second kappa shape index (κ2) is 12.6. The van der Waals surface area contributed by atoms with Crippen LogP contribution >= 0.6 is 0 Å². The predicted molar refractivity (Wildman–Crippen MR) is 89.9 cm³/mol. The Bertz CT molecular complexity index is 438. The van der Waals surface area contributed by atoms with E-state index in [1.54, 1.807) is 6.34 Å². The molecule has 1 atom stereocenters. The molecule has 0 aromatic carbocycles. The number of hydrogen-bond donors (Lipinski definition) is 3. The number of amidine groups is 1. The van der Waals surface area contributed by atoms with Crippen molar-refractivity contribution in [2.75, 3.05) is 19.7 Å². The van der Waals surface area contributed by atoms with Crippen LogP contribution in [0, 0.1) is 5.92 Å². The number of aliphatic hydroxyl groups excluding tert-OH is 1. The number of aliphatic hydroxyl groups is 1. The summed E-state index contributed by atoms with van der Waals surface area (Å²) in [4.78, 5) is 8.09. The summed E-state index contributed by atoms with van der Waals surface area (Å²) in [6.45, 7) is 5.33. The van der Waals surface area contributed by atoms with Gasteiger partial charge in [0.15, 0.2) is 0 Å². The quantitative estimate of drug-likeness (QED) is 0.200. The molecule has 9 heteroatoms. The summed E-state index contributed by atoms with van der Waals surface area (Å²) in [6, 6.07) is 0. The summed E-state index contributed by atoms with van der Waals surface area (Å²) < 4.78 is 0. The van der Waals surface area contributed by atoms with Crippen LogP contribution in [0.15, 0.2) is 20.2 Å². The number of nitrogens with one attached hydrogen (secondary N) is 2. The molecule has 7 nitrogen and oxygen atoms in total. The Morgan fingerprint density at radius 1 is 1.36 bits per heavy atom. The van der Waals surface area contributed by atoms with Gasteiger partial charge in [-0.3, -0.25) is 20.8 Å². The number of rotatable bonds is 7. The fourth-order valence-electron chi connectivity index (χ4n) is 2.04. The molecule has 22 heavy (non-hydrogen) atoms. The van der Waals surface area contributed by atoms with Crippen molar-refractivity contribution in [1.82, 2.24) is 10.9 Å². The van der Waals surface area contributed by atoms with Crippen molar-refractivity contribution in [3.8, 4) is 0 Å². The summed E-state index contributed by atoms with van der Waals surface area (Å²) in [5, 5.41) is 18.1. The summed E-state index contributed by atoms with van der Waals surface area (Å²) in [7, 11) is 0. The van der Waals surface area contributed by atoms with Gasteiger partial charge < -0.3 is 17.7 Å². The van der Waals surface area contributed by atoms with Gasteiger partial charge >= 0.3 is 0 Å². The third-order valence-electron chi connectivity index (χ3n) is 2.99. The Kier molecular flexibility index (Phi) is 12.1. The average molecular weight is 377 g/mol. The number of aliphatic imine (C=N–C) groups is 2. The third-order valence-corrected chi connectivity index (χ3v) is 3.21. The average Bonchev–Trinajstić information content (AvgIpc) is 2.84. The van der Waals surface area contributed by atoms with E-state index in [0.29, 0.717) is 24.7 Å². The van der Waals surface area contributed by atoms with E-state index >= 15 is 0 Å². The van der Waals surface area contributed by atoms with Crippen molar-refractivity contribution >= 4 is 35.6 Å². The molecule has 0 bridgehead atoms. The van der Waals surface area contributed by atoms with Crippen molar-refractivity contribution in [1.29, 1.82) is 0 Å². The minimum Gasteiger partial charge on any atom is -0.741 e. The van der Waals surface area contributed by atoms with Crippen molar-refractivity contribution in [2.45, 2.75) is 33.1 Å². The molecular formula is C13H23N6OSZn-. The van der Waals surface area contributed by atoms with Crippen LogP contribution < -0.4 is 10.9 Å². The first-order valence-corrected chi connectivity index (χ1v) is 7.60. The van der Waals surface area contributed by atoms with Gasteiger partial charge in [0.1, 0.15) is 6.34 Å². The molecule has 1 aliphatic carbocycles. The zero-order chi connectivity index (χ0) is 15.5. The van der Waals surface area contributed by atoms with Crippen molar-refractivity contribution in [3.05, 3.63) is 0 Å². The maximum atomic E-state index is 9.14. The van der Waals surface area contributed by atoms with Gasteiger partial charge in [-0.1, -0.05) is 0 Å². The molecule has 0 amide bonds. The minimum atomic E-state index is 0. The Morgan fingerprint density at radius 2 is 2.14 bits per heavy atom. The zero-order valence-corrected chi connectivity index (χ0v) is 17.0. The van der Waals surface area contributed by atoms with Gasteiger partial charge in [-0.2, -0.15) is 10.2 Å². The summed E-state index contributed by atoms with van der Waals surface area (Å²) in [5.74, 6) is 0.203. The predicted octanol–water partition coefficient (Wildman–Crippen LogP) is 0.638. The molecule has 0 aromatic heterocycles. The van der Waals surface area contributed by atoms with Crippen LogP contribution in [0.25, 0.3) is 0 Å². The van der Waals surface area contributed by atoms with Gasteiger partial charge in [-0.15, -0.1) is 0 Å². The molecule has 1 fully saturated rings. The Labute approximate surface area is 150 Å². The summed E-state index contributed by atoms with van der Waals surface area (Å²) in [6.07, 6.45) is 3.96. The standard InChI is InChI=1S/C13H24N6OS.Zn/c1-3-14-9-16-18-12-10(7-8-20)5-6-11(12)17-19-13(21)15-4-2;/h9-10,20H,3-8H2,1-2H3,(H,14,16)(H2,15,19,21);/p-1/b17-11+,18-12+;. The molecule has 0 spiro atoms. The Hall–Kier alpha value is -0.917. The van der Waals surface area contributed by atoms with Gasteiger partial charge in [0.05, 0.1) is 11.4 Å². The maximum absolute atomic E-state index is 9.14. The van der Waals surface area contributed by atoms with Gasteiger partial charge in [-0.05, 0) is 38.3 Å². The number of hydrazone groups is 2. The van der Waals surface area contributed by atoms with Crippen LogP contribution in [0.2, 0.25) is 0 Å². The minimum absolute atomic E-state index is 0. The molecule has 1 rings (SSSR count). The van der Waals surface area contributed by atoms with Gasteiger partial charge in [0, 0.05) is 45.1 Å². The largest absolute Gasteiger partial charge is 0.741 e. The molecule has 3 N–H and O–H groups in total. The van der Waals surface area contributed by atoms with Gasteiger partial charge in [-0.25, -0.2) is 0 Å². The third kappa shape index (κ3) is 7.38. The monoisotopic (exact) mass is 375 g/mol. The van der Waals surface area contributed by atoms with Crippen molar-refractivity contribution in [2.24, 2.45) is 26.1 Å². The Morgan fingerprint density at radius 3 is 2.77 bits per heavy atom. The van der Waals surface area contributed by atoms with Crippen LogP contribution in [0.4, 0.5) is 0 Å². The molecule has 0 saturated heterocycles. The molecule has 0 aliphatic heterocycles. The molecule has 0 aromatic rings. The van der Waals surface area contributed by atoms with Crippen LogP contribution in [0.1, 0.15) is 33.1 Å². The van der Waals surface area contributed by atoms with Crippen LogP contribution in [0.3, 0.4) is 0 Å². The van der Waals surface area contributed by atoms with E-state index in [4.69, 9.17) is 17.7 Å². The van der Waals surface area contributed by atoms with E-state index in [-0.39, 0.29) is 32.0 Å². The van der Waals surface area contributed by atoms with E-state index in [1.165, 1.54) is 0 Å². The van der Waals surface area contributed by atoms with Gasteiger partial charge in [0.2, 0.25) is 0 Å². The SMILES string of the molecule is CCN=CN/N=C1/C(=N/NC([S-])=NCC)CCC1CCO.[Zn]. The second-order valence-corrected chi connectivity index (χ2v) is 4.84. The molecule has 1 aliphatic rings. The number of nitrogens with zero attached hydrogens (tertiary/aromatic N) is 4. The Balaban J connectivity index is 0.00000441. The fourth-order valence-corrected chi connectivity index (χ4v) is 2.22. The van der Waals surface area contributed by atoms with Crippen LogP contribution in [0.5, 0.6) is 0 Å². The first kappa shape index (κ1) is 21.1. The molecule has 120 valence electrons.